The Labute approximate surface area is 62.7 Å². The van der Waals surface area contributed by atoms with Crippen molar-refractivity contribution in [3.8, 4) is 0 Å². The van der Waals surface area contributed by atoms with E-state index in [0.29, 0.717) is 5.41 Å². The van der Waals surface area contributed by atoms with Gasteiger partial charge in [-0.05, 0) is 38.3 Å². The van der Waals surface area contributed by atoms with Crippen LogP contribution in [0, 0.1) is 5.41 Å². The van der Waals surface area contributed by atoms with Crippen molar-refractivity contribution in [1.29, 1.82) is 0 Å². The van der Waals surface area contributed by atoms with Crippen LogP contribution < -0.4 is 0 Å². The molecule has 0 bridgehead atoms. The average molecular weight is 137 g/mol. The zero-order chi connectivity index (χ0) is 7.03. The van der Waals surface area contributed by atoms with Crippen LogP contribution in [0.25, 0.3) is 0 Å². The summed E-state index contributed by atoms with van der Waals surface area (Å²) in [5.74, 6) is 0. The average Bonchev–Trinajstić information content (AvgIpc) is 2.46. The molecule has 1 aliphatic heterocycles. The van der Waals surface area contributed by atoms with Crippen LogP contribution in [-0.4, -0.2) is 25.0 Å². The second kappa shape index (κ2) is 2.09. The van der Waals surface area contributed by atoms with E-state index in [1.54, 1.807) is 0 Å². The van der Waals surface area contributed by atoms with Gasteiger partial charge in [-0.2, -0.15) is 0 Å². The topological polar surface area (TPSA) is 3.24 Å². The van der Waals surface area contributed by atoms with E-state index in [1.807, 2.05) is 0 Å². The lowest BCUT2D eigenvalue weighted by atomic mass is 9.85. The van der Waals surface area contributed by atoms with Crippen molar-refractivity contribution in [3.05, 3.63) is 12.2 Å². The van der Waals surface area contributed by atoms with Crippen LogP contribution in [0.3, 0.4) is 0 Å². The summed E-state index contributed by atoms with van der Waals surface area (Å²) in [5, 5.41) is 0. The molecule has 2 rings (SSSR count). The Morgan fingerprint density at radius 2 is 2.00 bits per heavy atom. The fourth-order valence-corrected chi connectivity index (χ4v) is 2.24. The van der Waals surface area contributed by atoms with Crippen LogP contribution in [0.4, 0.5) is 0 Å². The third-order valence-corrected chi connectivity index (χ3v) is 2.90. The Kier molecular flexibility index (Phi) is 1.34. The Balaban J connectivity index is 2.05. The van der Waals surface area contributed by atoms with Crippen molar-refractivity contribution in [1.82, 2.24) is 4.90 Å². The summed E-state index contributed by atoms with van der Waals surface area (Å²) in [7, 11) is 2.23. The first-order valence-corrected chi connectivity index (χ1v) is 4.14. The minimum absolute atomic E-state index is 0.675. The molecule has 1 heteroatoms. The van der Waals surface area contributed by atoms with E-state index in [2.05, 4.69) is 24.1 Å². The lowest BCUT2D eigenvalue weighted by Gasteiger charge is -2.21. The van der Waals surface area contributed by atoms with Gasteiger partial charge in [0, 0.05) is 6.54 Å². The summed E-state index contributed by atoms with van der Waals surface area (Å²) in [4.78, 5) is 2.45. The van der Waals surface area contributed by atoms with E-state index < -0.39 is 0 Å². The number of rotatable bonds is 0. The first kappa shape index (κ1) is 6.41. The van der Waals surface area contributed by atoms with E-state index in [-0.39, 0.29) is 0 Å². The molecule has 2 aliphatic rings. The van der Waals surface area contributed by atoms with Crippen molar-refractivity contribution >= 4 is 0 Å². The standard InChI is InChI=1S/C9H15N/c1-10-7-6-9(8-10)4-2-3-5-9/h2-3H,4-8H2,1H3. The lowest BCUT2D eigenvalue weighted by molar-refractivity contribution is 0.300. The molecule has 0 aromatic carbocycles. The molecule has 1 spiro atoms. The Morgan fingerprint density at radius 3 is 2.50 bits per heavy atom. The maximum absolute atomic E-state index is 2.45. The molecule has 0 saturated carbocycles. The highest BCUT2D eigenvalue weighted by atomic mass is 15.1. The van der Waals surface area contributed by atoms with Gasteiger partial charge < -0.3 is 4.90 Å². The molecule has 1 aliphatic carbocycles. The number of hydrogen-bond donors (Lipinski definition) is 0. The molecule has 0 N–H and O–H groups in total. The molecule has 0 amide bonds. The molecule has 1 heterocycles. The monoisotopic (exact) mass is 137 g/mol. The Hall–Kier alpha value is -0.300. The van der Waals surface area contributed by atoms with Gasteiger partial charge in [0.05, 0.1) is 0 Å². The van der Waals surface area contributed by atoms with Crippen molar-refractivity contribution in [3.63, 3.8) is 0 Å². The van der Waals surface area contributed by atoms with Crippen molar-refractivity contribution in [2.45, 2.75) is 19.3 Å². The quantitative estimate of drug-likeness (QED) is 0.459. The van der Waals surface area contributed by atoms with Gasteiger partial charge >= 0.3 is 0 Å². The van der Waals surface area contributed by atoms with Gasteiger partial charge in [-0.25, -0.2) is 0 Å². The lowest BCUT2D eigenvalue weighted by Crippen LogP contribution is -2.21. The largest absolute Gasteiger partial charge is 0.306 e. The van der Waals surface area contributed by atoms with E-state index in [0.717, 1.165) is 0 Å². The SMILES string of the molecule is CN1CCC2(CC=CC2)C1. The Morgan fingerprint density at radius 1 is 1.30 bits per heavy atom. The maximum Gasteiger partial charge on any atom is 0.00413 e. The molecular weight excluding hydrogens is 122 g/mol. The van der Waals surface area contributed by atoms with Crippen LogP contribution in [0.2, 0.25) is 0 Å². The minimum atomic E-state index is 0.675. The first-order valence-electron chi connectivity index (χ1n) is 4.14. The highest BCUT2D eigenvalue weighted by Gasteiger charge is 2.36. The molecule has 0 aromatic heterocycles. The maximum atomic E-state index is 2.45. The molecule has 0 atom stereocenters. The van der Waals surface area contributed by atoms with Gasteiger partial charge in [0.2, 0.25) is 0 Å². The fraction of sp³-hybridized carbons (Fsp3) is 0.778. The van der Waals surface area contributed by atoms with E-state index >= 15 is 0 Å². The summed E-state index contributed by atoms with van der Waals surface area (Å²) < 4.78 is 0. The predicted octanol–water partition coefficient (Wildman–Crippen LogP) is 1.66. The third kappa shape index (κ3) is 0.891. The van der Waals surface area contributed by atoms with Gasteiger partial charge in [-0.15, -0.1) is 0 Å². The molecule has 56 valence electrons. The van der Waals surface area contributed by atoms with Crippen molar-refractivity contribution < 1.29 is 0 Å². The second-order valence-electron chi connectivity index (χ2n) is 3.87. The number of nitrogens with zero attached hydrogens (tertiary/aromatic N) is 1. The summed E-state index contributed by atoms with van der Waals surface area (Å²) in [6, 6.07) is 0. The zero-order valence-corrected chi connectivity index (χ0v) is 6.64. The summed E-state index contributed by atoms with van der Waals surface area (Å²) in [6.07, 6.45) is 8.77. The van der Waals surface area contributed by atoms with Crippen molar-refractivity contribution in [2.24, 2.45) is 5.41 Å². The molecule has 1 fully saturated rings. The van der Waals surface area contributed by atoms with Crippen LogP contribution in [0.15, 0.2) is 12.2 Å². The van der Waals surface area contributed by atoms with Crippen LogP contribution in [0.5, 0.6) is 0 Å². The van der Waals surface area contributed by atoms with E-state index in [9.17, 15) is 0 Å². The van der Waals surface area contributed by atoms with Gasteiger partial charge in [0.1, 0.15) is 0 Å². The summed E-state index contributed by atoms with van der Waals surface area (Å²) in [5.41, 5.74) is 0.675. The molecule has 0 radical (unpaired) electrons. The van der Waals surface area contributed by atoms with Crippen LogP contribution in [-0.2, 0) is 0 Å². The van der Waals surface area contributed by atoms with E-state index in [1.165, 1.54) is 32.4 Å². The smallest absolute Gasteiger partial charge is 0.00413 e. The second-order valence-corrected chi connectivity index (χ2v) is 3.87. The van der Waals surface area contributed by atoms with Gasteiger partial charge in [-0.3, -0.25) is 0 Å². The molecular formula is C9H15N. The molecule has 0 aromatic rings. The highest BCUT2D eigenvalue weighted by Crippen LogP contribution is 2.40. The Bertz CT molecular complexity index is 152. The summed E-state index contributed by atoms with van der Waals surface area (Å²) >= 11 is 0. The normalized spacial score (nSPS) is 30.5. The highest BCUT2D eigenvalue weighted by molar-refractivity contribution is 5.06. The first-order chi connectivity index (χ1) is 4.81. The zero-order valence-electron chi connectivity index (χ0n) is 6.64. The predicted molar refractivity (Wildman–Crippen MR) is 42.9 cm³/mol. The van der Waals surface area contributed by atoms with Crippen molar-refractivity contribution in [2.75, 3.05) is 20.1 Å². The van der Waals surface area contributed by atoms with Crippen LogP contribution >= 0.6 is 0 Å². The van der Waals surface area contributed by atoms with E-state index in [4.69, 9.17) is 0 Å². The third-order valence-electron chi connectivity index (χ3n) is 2.90. The van der Waals surface area contributed by atoms with Crippen LogP contribution in [0.1, 0.15) is 19.3 Å². The number of likely N-dealkylation sites (tertiary alicyclic amines) is 1. The summed E-state index contributed by atoms with van der Waals surface area (Å²) in [6.45, 7) is 2.63. The molecule has 0 unspecified atom stereocenters. The minimum Gasteiger partial charge on any atom is -0.306 e. The van der Waals surface area contributed by atoms with Gasteiger partial charge in [0.15, 0.2) is 0 Å². The fourth-order valence-electron chi connectivity index (χ4n) is 2.24. The number of allylic oxidation sites excluding steroid dienone is 2. The number of hydrogen-bond acceptors (Lipinski definition) is 1. The van der Waals surface area contributed by atoms with Gasteiger partial charge in [-0.1, -0.05) is 12.2 Å². The van der Waals surface area contributed by atoms with Gasteiger partial charge in [0.25, 0.3) is 0 Å². The molecule has 10 heavy (non-hydrogen) atoms. The molecule has 1 saturated heterocycles. The molecule has 1 nitrogen and oxygen atoms in total.